The van der Waals surface area contributed by atoms with Crippen molar-refractivity contribution in [1.29, 1.82) is 0 Å². The number of thiophene rings is 1. The Kier molecular flexibility index (Phi) is 4.33. The van der Waals surface area contributed by atoms with E-state index in [1.54, 1.807) is 11.3 Å². The van der Waals surface area contributed by atoms with Gasteiger partial charge in [-0.25, -0.2) is 4.98 Å². The fourth-order valence-corrected chi connectivity index (χ4v) is 2.99. The van der Waals surface area contributed by atoms with E-state index in [0.29, 0.717) is 0 Å². The van der Waals surface area contributed by atoms with Crippen molar-refractivity contribution < 1.29 is 9.53 Å². The number of thiazole rings is 1. The smallest absolute Gasteiger partial charge is 0.311 e. The number of hydrogen-bond donors (Lipinski definition) is 1. The molecule has 0 unspecified atom stereocenters. The van der Waals surface area contributed by atoms with E-state index < -0.39 is 0 Å². The van der Waals surface area contributed by atoms with Crippen LogP contribution < -0.4 is 5.32 Å². The van der Waals surface area contributed by atoms with Gasteiger partial charge in [0.05, 0.1) is 25.8 Å². The fourth-order valence-electron chi connectivity index (χ4n) is 1.43. The number of anilines is 1. The van der Waals surface area contributed by atoms with Gasteiger partial charge < -0.3 is 10.1 Å². The van der Waals surface area contributed by atoms with Gasteiger partial charge in [0.25, 0.3) is 0 Å². The minimum absolute atomic E-state index is 0.229. The van der Waals surface area contributed by atoms with Gasteiger partial charge in [-0.15, -0.1) is 22.7 Å². The molecule has 6 heteroatoms. The molecule has 0 aliphatic carbocycles. The van der Waals surface area contributed by atoms with E-state index in [2.05, 4.69) is 33.4 Å². The maximum Gasteiger partial charge on any atom is 0.311 e. The molecule has 18 heavy (non-hydrogen) atoms. The van der Waals surface area contributed by atoms with Crippen LogP contribution in [0.4, 0.5) is 5.13 Å². The number of carbonyl (C=O) groups is 1. The molecule has 96 valence electrons. The van der Waals surface area contributed by atoms with E-state index in [9.17, 15) is 4.79 Å². The molecule has 0 fully saturated rings. The highest BCUT2D eigenvalue weighted by Crippen LogP contribution is 2.20. The lowest BCUT2D eigenvalue weighted by atomic mass is 10.3. The average molecular weight is 282 g/mol. The summed E-state index contributed by atoms with van der Waals surface area (Å²) in [5.74, 6) is -0.263. The Morgan fingerprint density at radius 1 is 1.50 bits per heavy atom. The number of carbonyl (C=O) groups excluding carboxylic acids is 1. The van der Waals surface area contributed by atoms with Crippen molar-refractivity contribution in [2.75, 3.05) is 12.4 Å². The third-order valence-electron chi connectivity index (χ3n) is 2.47. The molecule has 0 aliphatic rings. The predicted octanol–water partition coefficient (Wildman–Crippen LogP) is 2.84. The van der Waals surface area contributed by atoms with Crippen molar-refractivity contribution in [3.05, 3.63) is 33.0 Å². The first-order valence-electron chi connectivity index (χ1n) is 5.47. The third kappa shape index (κ3) is 3.30. The second-order valence-electron chi connectivity index (χ2n) is 3.78. The van der Waals surface area contributed by atoms with Gasteiger partial charge in [-0.1, -0.05) is 0 Å². The summed E-state index contributed by atoms with van der Waals surface area (Å²) in [4.78, 5) is 16.7. The SMILES string of the molecule is COC(=O)Cc1csc(NCc2sccc2C)n1. The number of ether oxygens (including phenoxy) is 1. The summed E-state index contributed by atoms with van der Waals surface area (Å²) in [5.41, 5.74) is 2.04. The van der Waals surface area contributed by atoms with Gasteiger partial charge in [0.2, 0.25) is 0 Å². The summed E-state index contributed by atoms with van der Waals surface area (Å²) in [6.45, 7) is 2.87. The molecule has 0 saturated carbocycles. The summed E-state index contributed by atoms with van der Waals surface area (Å²) in [6, 6.07) is 2.10. The Labute approximate surface area is 114 Å². The number of aryl methyl sites for hydroxylation is 1. The Morgan fingerprint density at radius 3 is 3.00 bits per heavy atom. The van der Waals surface area contributed by atoms with Crippen LogP contribution >= 0.6 is 22.7 Å². The summed E-state index contributed by atoms with van der Waals surface area (Å²) in [5, 5.41) is 8.06. The molecule has 0 spiro atoms. The van der Waals surface area contributed by atoms with Crippen LogP contribution in [0.25, 0.3) is 0 Å². The number of hydrogen-bond acceptors (Lipinski definition) is 6. The second-order valence-corrected chi connectivity index (χ2v) is 5.64. The zero-order valence-corrected chi connectivity index (χ0v) is 11.9. The summed E-state index contributed by atoms with van der Waals surface area (Å²) >= 11 is 3.23. The van der Waals surface area contributed by atoms with Gasteiger partial charge in [0.15, 0.2) is 5.13 Å². The molecule has 0 aromatic carbocycles. The molecule has 2 heterocycles. The zero-order chi connectivity index (χ0) is 13.0. The molecule has 2 aromatic rings. The van der Waals surface area contributed by atoms with E-state index in [0.717, 1.165) is 17.4 Å². The van der Waals surface area contributed by atoms with E-state index in [-0.39, 0.29) is 12.4 Å². The van der Waals surface area contributed by atoms with Gasteiger partial charge in [-0.2, -0.15) is 0 Å². The van der Waals surface area contributed by atoms with Gasteiger partial charge in [0.1, 0.15) is 0 Å². The molecule has 0 aliphatic heterocycles. The highest BCUT2D eigenvalue weighted by atomic mass is 32.1. The van der Waals surface area contributed by atoms with Crippen molar-refractivity contribution >= 4 is 33.8 Å². The minimum Gasteiger partial charge on any atom is -0.469 e. The highest BCUT2D eigenvalue weighted by Gasteiger charge is 2.08. The van der Waals surface area contributed by atoms with Crippen LogP contribution in [0, 0.1) is 6.92 Å². The first-order valence-corrected chi connectivity index (χ1v) is 7.23. The first-order chi connectivity index (χ1) is 8.69. The number of rotatable bonds is 5. The van der Waals surface area contributed by atoms with E-state index in [1.165, 1.54) is 28.9 Å². The molecular weight excluding hydrogens is 268 g/mol. The molecule has 0 radical (unpaired) electrons. The molecular formula is C12H14N2O2S2. The number of nitrogens with zero attached hydrogens (tertiary/aromatic N) is 1. The molecule has 2 rings (SSSR count). The van der Waals surface area contributed by atoms with Crippen LogP contribution in [-0.2, 0) is 22.5 Å². The summed E-state index contributed by atoms with van der Waals surface area (Å²) < 4.78 is 4.60. The third-order valence-corrected chi connectivity index (χ3v) is 4.35. The van der Waals surface area contributed by atoms with Crippen LogP contribution in [-0.4, -0.2) is 18.1 Å². The van der Waals surface area contributed by atoms with Crippen molar-refractivity contribution in [3.63, 3.8) is 0 Å². The zero-order valence-electron chi connectivity index (χ0n) is 10.2. The lowest BCUT2D eigenvalue weighted by Gasteiger charge is -2.01. The lowest BCUT2D eigenvalue weighted by Crippen LogP contribution is -2.05. The van der Waals surface area contributed by atoms with Gasteiger partial charge in [-0.05, 0) is 23.9 Å². The Balaban J connectivity index is 1.91. The largest absolute Gasteiger partial charge is 0.469 e. The second kappa shape index (κ2) is 5.97. The maximum absolute atomic E-state index is 11.1. The minimum atomic E-state index is -0.263. The predicted molar refractivity (Wildman–Crippen MR) is 74.2 cm³/mol. The van der Waals surface area contributed by atoms with Crippen molar-refractivity contribution in [1.82, 2.24) is 4.98 Å². The molecule has 0 saturated heterocycles. The van der Waals surface area contributed by atoms with Gasteiger partial charge in [0, 0.05) is 10.3 Å². The molecule has 4 nitrogen and oxygen atoms in total. The lowest BCUT2D eigenvalue weighted by molar-refractivity contribution is -0.139. The monoisotopic (exact) mass is 282 g/mol. The standard InChI is InChI=1S/C12H14N2O2S2/c1-8-3-4-17-10(8)6-13-12-14-9(7-18-12)5-11(15)16-2/h3-4,7H,5-6H2,1-2H3,(H,13,14). The fraction of sp³-hybridized carbons (Fsp3) is 0.333. The quantitative estimate of drug-likeness (QED) is 0.857. The molecule has 0 amide bonds. The van der Waals surface area contributed by atoms with E-state index >= 15 is 0 Å². The van der Waals surface area contributed by atoms with Crippen LogP contribution in [0.2, 0.25) is 0 Å². The maximum atomic E-state index is 11.1. The van der Waals surface area contributed by atoms with Gasteiger partial charge >= 0.3 is 5.97 Å². The van der Waals surface area contributed by atoms with E-state index in [1.807, 2.05) is 5.38 Å². The molecule has 2 aromatic heterocycles. The first kappa shape index (κ1) is 13.0. The van der Waals surface area contributed by atoms with E-state index in [4.69, 9.17) is 0 Å². The van der Waals surface area contributed by atoms with Crippen LogP contribution in [0.5, 0.6) is 0 Å². The Bertz CT molecular complexity index is 534. The summed E-state index contributed by atoms with van der Waals surface area (Å²) in [7, 11) is 1.38. The van der Waals surface area contributed by atoms with Crippen LogP contribution in [0.1, 0.15) is 16.1 Å². The topological polar surface area (TPSA) is 51.2 Å². The summed E-state index contributed by atoms with van der Waals surface area (Å²) in [6.07, 6.45) is 0.229. The van der Waals surface area contributed by atoms with Crippen molar-refractivity contribution in [2.24, 2.45) is 0 Å². The molecule has 1 N–H and O–H groups in total. The molecule has 0 atom stereocenters. The number of aromatic nitrogens is 1. The normalized spacial score (nSPS) is 10.3. The number of nitrogens with one attached hydrogen (secondary N) is 1. The van der Waals surface area contributed by atoms with Crippen LogP contribution in [0.3, 0.4) is 0 Å². The molecule has 0 bridgehead atoms. The Morgan fingerprint density at radius 2 is 2.33 bits per heavy atom. The number of esters is 1. The van der Waals surface area contributed by atoms with Gasteiger partial charge in [-0.3, -0.25) is 4.79 Å². The van der Waals surface area contributed by atoms with Crippen LogP contribution in [0.15, 0.2) is 16.8 Å². The number of methoxy groups -OCH3 is 1. The average Bonchev–Trinajstić information content (AvgIpc) is 2.96. The highest BCUT2D eigenvalue weighted by molar-refractivity contribution is 7.13. The Hall–Kier alpha value is -1.40. The van der Waals surface area contributed by atoms with Crippen molar-refractivity contribution in [2.45, 2.75) is 19.9 Å². The van der Waals surface area contributed by atoms with Crippen molar-refractivity contribution in [3.8, 4) is 0 Å².